The highest BCUT2D eigenvalue weighted by atomic mass is 19.1. The Bertz CT molecular complexity index is 546. The summed E-state index contributed by atoms with van der Waals surface area (Å²) < 4.78 is 13.3. The summed E-state index contributed by atoms with van der Waals surface area (Å²) in [7, 11) is 0. The third kappa shape index (κ3) is 2.02. The highest BCUT2D eigenvalue weighted by Gasteiger charge is 2.24. The molecule has 3 nitrogen and oxygen atoms in total. The number of aromatic nitrogens is 1. The summed E-state index contributed by atoms with van der Waals surface area (Å²) in [4.78, 5) is 3.08. The van der Waals surface area contributed by atoms with E-state index < -0.39 is 6.10 Å². The molecule has 4 heteroatoms. The largest absolute Gasteiger partial charge is 0.387 e. The van der Waals surface area contributed by atoms with Crippen molar-refractivity contribution in [3.05, 3.63) is 35.8 Å². The van der Waals surface area contributed by atoms with Gasteiger partial charge < -0.3 is 15.4 Å². The van der Waals surface area contributed by atoms with Gasteiger partial charge in [-0.1, -0.05) is 6.42 Å². The van der Waals surface area contributed by atoms with Crippen LogP contribution in [0, 0.1) is 5.82 Å². The lowest BCUT2D eigenvalue weighted by molar-refractivity contribution is 0.115. The van der Waals surface area contributed by atoms with Crippen LogP contribution in [0.5, 0.6) is 0 Å². The first-order chi connectivity index (χ1) is 8.75. The molecule has 3 N–H and O–H groups in total. The molecule has 0 saturated carbocycles. The second-order valence-electron chi connectivity index (χ2n) is 4.94. The third-order valence-electron chi connectivity index (χ3n) is 3.72. The van der Waals surface area contributed by atoms with Crippen LogP contribution in [-0.2, 0) is 0 Å². The van der Waals surface area contributed by atoms with Crippen molar-refractivity contribution in [2.45, 2.75) is 31.4 Å². The molecule has 3 rings (SSSR count). The van der Waals surface area contributed by atoms with Gasteiger partial charge in [0.25, 0.3) is 0 Å². The highest BCUT2D eigenvalue weighted by Crippen LogP contribution is 2.29. The minimum atomic E-state index is -0.583. The number of H-pyrrole nitrogens is 1. The number of nitrogens with one attached hydrogen (secondary N) is 2. The van der Waals surface area contributed by atoms with Crippen molar-refractivity contribution in [3.8, 4) is 0 Å². The van der Waals surface area contributed by atoms with Crippen LogP contribution in [0.2, 0.25) is 0 Å². The SMILES string of the molecule is OC(c1c[nH]c2ccc(F)cc12)C1CCCCN1. The van der Waals surface area contributed by atoms with Crippen molar-refractivity contribution in [3.63, 3.8) is 0 Å². The van der Waals surface area contributed by atoms with Gasteiger partial charge in [0.05, 0.1) is 6.10 Å². The van der Waals surface area contributed by atoms with E-state index >= 15 is 0 Å². The summed E-state index contributed by atoms with van der Waals surface area (Å²) in [5.41, 5.74) is 1.64. The van der Waals surface area contributed by atoms with Gasteiger partial charge in [-0.2, -0.15) is 0 Å². The van der Waals surface area contributed by atoms with Crippen molar-refractivity contribution in [2.24, 2.45) is 0 Å². The summed E-state index contributed by atoms with van der Waals surface area (Å²) in [6, 6.07) is 4.68. The molecule has 0 radical (unpaired) electrons. The number of aliphatic hydroxyl groups excluding tert-OH is 1. The minimum Gasteiger partial charge on any atom is -0.387 e. The number of rotatable bonds is 2. The summed E-state index contributed by atoms with van der Waals surface area (Å²) in [5.74, 6) is -0.271. The highest BCUT2D eigenvalue weighted by molar-refractivity contribution is 5.83. The van der Waals surface area contributed by atoms with Gasteiger partial charge in [0.1, 0.15) is 5.82 Å². The van der Waals surface area contributed by atoms with Crippen LogP contribution in [0.4, 0.5) is 4.39 Å². The van der Waals surface area contributed by atoms with Crippen molar-refractivity contribution < 1.29 is 9.50 Å². The Morgan fingerprint density at radius 3 is 3.00 bits per heavy atom. The fraction of sp³-hybridized carbons (Fsp3) is 0.429. The minimum absolute atomic E-state index is 0.0704. The standard InChI is InChI=1S/C14H17FN2O/c15-9-4-5-12-10(7-9)11(8-17-12)14(18)13-3-1-2-6-16-13/h4-5,7-8,13-14,16-18H,1-3,6H2. The van der Waals surface area contributed by atoms with E-state index in [2.05, 4.69) is 10.3 Å². The number of halogens is 1. The number of fused-ring (bicyclic) bond motifs is 1. The van der Waals surface area contributed by atoms with Gasteiger partial charge in [-0.05, 0) is 37.6 Å². The van der Waals surface area contributed by atoms with Crippen molar-refractivity contribution >= 4 is 10.9 Å². The topological polar surface area (TPSA) is 48.0 Å². The first-order valence-corrected chi connectivity index (χ1v) is 6.44. The van der Waals surface area contributed by atoms with E-state index in [1.165, 1.54) is 12.1 Å². The predicted octanol–water partition coefficient (Wildman–Crippen LogP) is 2.48. The molecule has 2 heterocycles. The molecule has 0 aliphatic carbocycles. The Hall–Kier alpha value is -1.39. The molecule has 0 bridgehead atoms. The molecule has 2 aromatic rings. The third-order valence-corrected chi connectivity index (χ3v) is 3.72. The van der Waals surface area contributed by atoms with Crippen LogP contribution in [0.15, 0.2) is 24.4 Å². The molecule has 96 valence electrons. The Kier molecular flexibility index (Phi) is 3.06. The molecule has 1 aliphatic rings. The summed E-state index contributed by atoms with van der Waals surface area (Å²) in [6.07, 6.45) is 4.45. The smallest absolute Gasteiger partial charge is 0.123 e. The predicted molar refractivity (Wildman–Crippen MR) is 68.9 cm³/mol. The number of piperidine rings is 1. The molecule has 1 aliphatic heterocycles. The molecule has 1 aromatic heterocycles. The van der Waals surface area contributed by atoms with Crippen LogP contribution < -0.4 is 5.32 Å². The average Bonchev–Trinajstić information content (AvgIpc) is 2.82. The summed E-state index contributed by atoms with van der Waals surface area (Å²) in [5, 5.41) is 14.5. The lowest BCUT2D eigenvalue weighted by Crippen LogP contribution is -2.38. The molecule has 0 amide bonds. The lowest BCUT2D eigenvalue weighted by Gasteiger charge is -2.27. The Morgan fingerprint density at radius 1 is 1.33 bits per heavy atom. The van der Waals surface area contributed by atoms with E-state index in [9.17, 15) is 9.50 Å². The fourth-order valence-electron chi connectivity index (χ4n) is 2.72. The molecule has 2 atom stereocenters. The molecule has 1 saturated heterocycles. The van der Waals surface area contributed by atoms with Crippen molar-refractivity contribution in [1.82, 2.24) is 10.3 Å². The van der Waals surface area contributed by atoms with Gasteiger partial charge in [0.15, 0.2) is 0 Å². The molecule has 0 spiro atoms. The van der Waals surface area contributed by atoms with Crippen LogP contribution in [0.25, 0.3) is 10.9 Å². The first-order valence-electron chi connectivity index (χ1n) is 6.44. The number of aliphatic hydroxyl groups is 1. The number of hydrogen-bond donors (Lipinski definition) is 3. The average molecular weight is 248 g/mol. The van der Waals surface area contributed by atoms with Gasteiger partial charge in [-0.15, -0.1) is 0 Å². The number of hydrogen-bond acceptors (Lipinski definition) is 2. The quantitative estimate of drug-likeness (QED) is 0.764. The summed E-state index contributed by atoms with van der Waals surface area (Å²) in [6.45, 7) is 0.943. The maximum Gasteiger partial charge on any atom is 0.123 e. The van der Waals surface area contributed by atoms with E-state index in [1.807, 2.05) is 0 Å². The van der Waals surface area contributed by atoms with E-state index in [0.29, 0.717) is 0 Å². The second kappa shape index (κ2) is 4.71. The zero-order chi connectivity index (χ0) is 12.5. The van der Waals surface area contributed by atoms with E-state index in [4.69, 9.17) is 0 Å². The molecular weight excluding hydrogens is 231 g/mol. The maximum absolute atomic E-state index is 13.3. The normalized spacial score (nSPS) is 22.2. The maximum atomic E-state index is 13.3. The van der Waals surface area contributed by atoms with Gasteiger partial charge >= 0.3 is 0 Å². The zero-order valence-electron chi connectivity index (χ0n) is 10.1. The molecule has 1 fully saturated rings. The van der Waals surface area contributed by atoms with Crippen LogP contribution in [-0.4, -0.2) is 22.7 Å². The zero-order valence-corrected chi connectivity index (χ0v) is 10.1. The summed E-state index contributed by atoms with van der Waals surface area (Å²) >= 11 is 0. The van der Waals surface area contributed by atoms with Crippen LogP contribution in [0.3, 0.4) is 0 Å². The number of aromatic amines is 1. The molecule has 2 unspecified atom stereocenters. The Labute approximate surface area is 105 Å². The molecular formula is C14H17FN2O. The van der Waals surface area contributed by atoms with Gasteiger partial charge in [-0.3, -0.25) is 0 Å². The Morgan fingerprint density at radius 2 is 2.22 bits per heavy atom. The fourth-order valence-corrected chi connectivity index (χ4v) is 2.72. The van der Waals surface area contributed by atoms with E-state index in [0.717, 1.165) is 42.3 Å². The van der Waals surface area contributed by atoms with Gasteiger partial charge in [0, 0.05) is 28.7 Å². The Balaban J connectivity index is 1.95. The van der Waals surface area contributed by atoms with Gasteiger partial charge in [0.2, 0.25) is 0 Å². The van der Waals surface area contributed by atoms with Crippen LogP contribution in [0.1, 0.15) is 30.9 Å². The van der Waals surface area contributed by atoms with E-state index in [-0.39, 0.29) is 11.9 Å². The van der Waals surface area contributed by atoms with Crippen molar-refractivity contribution in [2.75, 3.05) is 6.54 Å². The van der Waals surface area contributed by atoms with Gasteiger partial charge in [-0.25, -0.2) is 4.39 Å². The second-order valence-corrected chi connectivity index (χ2v) is 4.94. The monoisotopic (exact) mass is 248 g/mol. The van der Waals surface area contributed by atoms with E-state index in [1.54, 1.807) is 12.3 Å². The number of benzene rings is 1. The molecule has 1 aromatic carbocycles. The van der Waals surface area contributed by atoms with Crippen LogP contribution >= 0.6 is 0 Å². The molecule has 18 heavy (non-hydrogen) atoms. The first kappa shape index (κ1) is 11.7. The van der Waals surface area contributed by atoms with Crippen molar-refractivity contribution in [1.29, 1.82) is 0 Å². The lowest BCUT2D eigenvalue weighted by atomic mass is 9.95.